The first-order valence-electron chi connectivity index (χ1n) is 4.70. The molecule has 2 aromatic rings. The van der Waals surface area contributed by atoms with Crippen LogP contribution in [-0.4, -0.2) is 15.0 Å². The van der Waals surface area contributed by atoms with Crippen LogP contribution in [0.1, 0.15) is 5.69 Å². The van der Waals surface area contributed by atoms with Gasteiger partial charge in [-0.25, -0.2) is 18.7 Å². The third-order valence-corrected chi connectivity index (χ3v) is 2.33. The molecule has 1 N–H and O–H groups in total. The largest absolute Gasteiger partial charge is 0.340 e. The van der Waals surface area contributed by atoms with Crippen LogP contribution in [0.3, 0.4) is 0 Å². The molecule has 0 saturated heterocycles. The zero-order chi connectivity index (χ0) is 12.3. The van der Waals surface area contributed by atoms with Crippen LogP contribution in [0.15, 0.2) is 36.8 Å². The van der Waals surface area contributed by atoms with E-state index in [4.69, 9.17) is 12.2 Å². The van der Waals surface area contributed by atoms with Gasteiger partial charge in [0.1, 0.15) is 34.3 Å². The lowest BCUT2D eigenvalue weighted by Crippen LogP contribution is -2.14. The summed E-state index contributed by atoms with van der Waals surface area (Å²) in [6, 6.07) is 5.12. The normalized spacial score (nSPS) is 10.0. The topological polar surface area (TPSA) is 37.8 Å². The molecule has 1 heterocycles. The number of para-hydroxylation sites is 1. The van der Waals surface area contributed by atoms with Gasteiger partial charge in [0.2, 0.25) is 0 Å². The molecule has 0 amide bonds. The summed E-state index contributed by atoms with van der Waals surface area (Å²) in [6.45, 7) is 0. The smallest absolute Gasteiger partial charge is 0.149 e. The van der Waals surface area contributed by atoms with Gasteiger partial charge in [-0.3, -0.25) is 0 Å². The zero-order valence-electron chi connectivity index (χ0n) is 8.52. The lowest BCUT2D eigenvalue weighted by atomic mass is 10.3. The molecule has 2 rings (SSSR count). The minimum atomic E-state index is -0.707. The molecule has 0 aliphatic carbocycles. The fraction of sp³-hybridized carbons (Fsp3) is 0. The summed E-state index contributed by atoms with van der Waals surface area (Å²) < 4.78 is 26.7. The van der Waals surface area contributed by atoms with E-state index in [1.54, 1.807) is 6.07 Å². The minimum Gasteiger partial charge on any atom is -0.340 e. The van der Waals surface area contributed by atoms with Crippen molar-refractivity contribution in [3.8, 4) is 0 Å². The molecule has 1 aromatic carbocycles. The predicted molar refractivity (Wildman–Crippen MR) is 63.7 cm³/mol. The zero-order valence-corrected chi connectivity index (χ0v) is 9.34. The molecular formula is C11H7F2N3S. The Bertz CT molecular complexity index is 525. The maximum Gasteiger partial charge on any atom is 0.149 e. The van der Waals surface area contributed by atoms with Crippen molar-refractivity contribution in [2.45, 2.75) is 0 Å². The molecular weight excluding hydrogens is 244 g/mol. The van der Waals surface area contributed by atoms with Gasteiger partial charge in [-0.05, 0) is 18.2 Å². The van der Waals surface area contributed by atoms with Crippen molar-refractivity contribution in [3.05, 3.63) is 54.1 Å². The molecule has 0 radical (unpaired) electrons. The van der Waals surface area contributed by atoms with Crippen LogP contribution in [-0.2, 0) is 0 Å². The van der Waals surface area contributed by atoms with E-state index in [-0.39, 0.29) is 10.7 Å². The molecule has 0 aliphatic rings. The number of halogens is 2. The first-order valence-corrected chi connectivity index (χ1v) is 5.10. The molecule has 0 unspecified atom stereocenters. The molecule has 6 heteroatoms. The Labute approximate surface area is 102 Å². The van der Waals surface area contributed by atoms with Crippen molar-refractivity contribution in [2.75, 3.05) is 5.32 Å². The molecule has 0 fully saturated rings. The van der Waals surface area contributed by atoms with Gasteiger partial charge in [-0.15, -0.1) is 0 Å². The Balaban J connectivity index is 2.25. The number of nitrogens with zero attached hydrogens (tertiary/aromatic N) is 2. The highest BCUT2D eigenvalue weighted by atomic mass is 32.1. The summed E-state index contributed by atoms with van der Waals surface area (Å²) in [6.07, 6.45) is 2.80. The van der Waals surface area contributed by atoms with Crippen molar-refractivity contribution in [1.29, 1.82) is 0 Å². The fourth-order valence-corrected chi connectivity index (χ4v) is 1.44. The number of rotatable bonds is 2. The van der Waals surface area contributed by atoms with Crippen molar-refractivity contribution in [1.82, 2.24) is 9.97 Å². The van der Waals surface area contributed by atoms with Crippen molar-refractivity contribution in [2.24, 2.45) is 0 Å². The Morgan fingerprint density at radius 2 is 1.88 bits per heavy atom. The molecule has 0 spiro atoms. The maximum absolute atomic E-state index is 13.3. The monoisotopic (exact) mass is 251 g/mol. The minimum absolute atomic E-state index is 0.136. The number of aromatic nitrogens is 2. The lowest BCUT2D eigenvalue weighted by Gasteiger charge is -2.08. The molecule has 86 valence electrons. The first-order chi connectivity index (χ1) is 8.18. The van der Waals surface area contributed by atoms with E-state index < -0.39 is 11.6 Å². The van der Waals surface area contributed by atoms with Crippen LogP contribution >= 0.6 is 12.2 Å². The lowest BCUT2D eigenvalue weighted by molar-refractivity contribution is 0.591. The summed E-state index contributed by atoms with van der Waals surface area (Å²) >= 11 is 4.99. The molecule has 3 nitrogen and oxygen atoms in total. The van der Waals surface area contributed by atoms with Gasteiger partial charge in [-0.1, -0.05) is 18.3 Å². The van der Waals surface area contributed by atoms with Gasteiger partial charge in [0.05, 0.1) is 0 Å². The third-order valence-electron chi connectivity index (χ3n) is 2.02. The molecule has 0 saturated carbocycles. The van der Waals surface area contributed by atoms with E-state index in [2.05, 4.69) is 15.3 Å². The molecule has 17 heavy (non-hydrogen) atoms. The van der Waals surface area contributed by atoms with Gasteiger partial charge in [0.25, 0.3) is 0 Å². The van der Waals surface area contributed by atoms with E-state index in [1.807, 2.05) is 0 Å². The van der Waals surface area contributed by atoms with Gasteiger partial charge in [0, 0.05) is 6.20 Å². The van der Waals surface area contributed by atoms with Gasteiger partial charge in [0.15, 0.2) is 0 Å². The Kier molecular flexibility index (Phi) is 3.34. The van der Waals surface area contributed by atoms with E-state index in [0.717, 1.165) is 12.1 Å². The SMILES string of the molecule is Fc1cccc(F)c1NC(=S)c1ccncn1. The summed E-state index contributed by atoms with van der Waals surface area (Å²) in [4.78, 5) is 7.73. The highest BCUT2D eigenvalue weighted by molar-refractivity contribution is 7.81. The fourth-order valence-electron chi connectivity index (χ4n) is 1.22. The van der Waals surface area contributed by atoms with Gasteiger partial charge < -0.3 is 5.32 Å². The molecule has 0 aliphatic heterocycles. The van der Waals surface area contributed by atoms with Crippen LogP contribution in [0.4, 0.5) is 14.5 Å². The highest BCUT2D eigenvalue weighted by Crippen LogP contribution is 2.18. The van der Waals surface area contributed by atoms with Crippen LogP contribution < -0.4 is 5.32 Å². The molecule has 1 aromatic heterocycles. The van der Waals surface area contributed by atoms with Crippen molar-refractivity contribution < 1.29 is 8.78 Å². The number of hydrogen-bond acceptors (Lipinski definition) is 3. The first kappa shape index (κ1) is 11.5. The van der Waals surface area contributed by atoms with Crippen molar-refractivity contribution >= 4 is 22.9 Å². The molecule has 0 atom stereocenters. The second-order valence-electron chi connectivity index (χ2n) is 3.15. The number of thiocarbonyl (C=S) groups is 1. The van der Waals surface area contributed by atoms with E-state index in [0.29, 0.717) is 5.69 Å². The summed E-state index contributed by atoms with van der Waals surface area (Å²) in [5.41, 5.74) is 0.119. The average Bonchev–Trinajstić information content (AvgIpc) is 2.35. The van der Waals surface area contributed by atoms with E-state index >= 15 is 0 Å². The van der Waals surface area contributed by atoms with E-state index in [9.17, 15) is 8.78 Å². The number of benzene rings is 1. The van der Waals surface area contributed by atoms with Gasteiger partial charge in [-0.2, -0.15) is 0 Å². The summed E-state index contributed by atoms with van der Waals surface area (Å²) in [5.74, 6) is -1.41. The Hall–Kier alpha value is -1.95. The van der Waals surface area contributed by atoms with Crippen LogP contribution in [0, 0.1) is 11.6 Å². The standard InChI is InChI=1S/C11H7F2N3S/c12-7-2-1-3-8(13)10(7)16-11(17)9-4-5-14-6-15-9/h1-6H,(H,16,17). The average molecular weight is 251 g/mol. The second kappa shape index (κ2) is 4.92. The number of anilines is 1. The van der Waals surface area contributed by atoms with Crippen molar-refractivity contribution in [3.63, 3.8) is 0 Å². The number of hydrogen-bond donors (Lipinski definition) is 1. The third kappa shape index (κ3) is 2.59. The summed E-state index contributed by atoms with van der Waals surface area (Å²) in [7, 11) is 0. The van der Waals surface area contributed by atoms with Crippen LogP contribution in [0.5, 0.6) is 0 Å². The quantitative estimate of drug-likeness (QED) is 0.832. The highest BCUT2D eigenvalue weighted by Gasteiger charge is 2.11. The molecule has 0 bridgehead atoms. The predicted octanol–water partition coefficient (Wildman–Crippen LogP) is 2.54. The maximum atomic E-state index is 13.3. The summed E-state index contributed by atoms with van der Waals surface area (Å²) in [5, 5.41) is 2.49. The number of nitrogens with one attached hydrogen (secondary N) is 1. The van der Waals surface area contributed by atoms with Crippen LogP contribution in [0.2, 0.25) is 0 Å². The Morgan fingerprint density at radius 3 is 2.47 bits per heavy atom. The Morgan fingerprint density at radius 1 is 1.18 bits per heavy atom. The second-order valence-corrected chi connectivity index (χ2v) is 3.55. The van der Waals surface area contributed by atoms with Gasteiger partial charge >= 0.3 is 0 Å². The van der Waals surface area contributed by atoms with Crippen LogP contribution in [0.25, 0.3) is 0 Å². The van der Waals surface area contributed by atoms with E-state index in [1.165, 1.54) is 18.6 Å².